The van der Waals surface area contributed by atoms with Crippen molar-refractivity contribution in [2.75, 3.05) is 0 Å². The van der Waals surface area contributed by atoms with Gasteiger partial charge >= 0.3 is 0 Å². The highest BCUT2D eigenvalue weighted by Crippen LogP contribution is 2.24. The van der Waals surface area contributed by atoms with Gasteiger partial charge in [0.15, 0.2) is 5.82 Å². The Morgan fingerprint density at radius 3 is 2.82 bits per heavy atom. The molecule has 0 aliphatic rings. The SMILES string of the molecule is Cc1[nH]c2sc(F)nc2c1F. The third-order valence-electron chi connectivity index (χ3n) is 1.44. The summed E-state index contributed by atoms with van der Waals surface area (Å²) in [5, 5.41) is -0.606. The van der Waals surface area contributed by atoms with Crippen LogP contribution in [0.3, 0.4) is 0 Å². The number of aryl methyl sites for hydroxylation is 1. The summed E-state index contributed by atoms with van der Waals surface area (Å²) in [5.74, 6) is -0.458. The molecule has 0 saturated carbocycles. The Balaban J connectivity index is 2.88. The maximum Gasteiger partial charge on any atom is 0.271 e. The quantitative estimate of drug-likeness (QED) is 0.651. The van der Waals surface area contributed by atoms with Crippen LogP contribution in [0.15, 0.2) is 0 Å². The van der Waals surface area contributed by atoms with Gasteiger partial charge < -0.3 is 4.98 Å². The van der Waals surface area contributed by atoms with Gasteiger partial charge in [0.2, 0.25) is 0 Å². The first kappa shape index (κ1) is 6.72. The van der Waals surface area contributed by atoms with Crippen LogP contribution in [-0.2, 0) is 0 Å². The van der Waals surface area contributed by atoms with E-state index in [-0.39, 0.29) is 5.52 Å². The van der Waals surface area contributed by atoms with E-state index in [0.29, 0.717) is 10.5 Å². The molecule has 0 atom stereocenters. The molecule has 0 saturated heterocycles. The minimum absolute atomic E-state index is 0.102. The van der Waals surface area contributed by atoms with Gasteiger partial charge in [-0.15, -0.1) is 0 Å². The minimum atomic E-state index is -0.606. The van der Waals surface area contributed by atoms with Crippen LogP contribution in [0.4, 0.5) is 8.78 Å². The van der Waals surface area contributed by atoms with Crippen LogP contribution < -0.4 is 0 Å². The van der Waals surface area contributed by atoms with Crippen LogP contribution in [0.1, 0.15) is 5.69 Å². The summed E-state index contributed by atoms with van der Waals surface area (Å²) < 4.78 is 25.3. The smallest absolute Gasteiger partial charge is 0.271 e. The summed E-state index contributed by atoms with van der Waals surface area (Å²) in [4.78, 5) is 6.52. The number of fused-ring (bicyclic) bond motifs is 1. The number of halogens is 2. The largest absolute Gasteiger partial charge is 0.346 e. The van der Waals surface area contributed by atoms with Gasteiger partial charge in [-0.2, -0.15) is 4.39 Å². The number of H-pyrrole nitrogens is 1. The number of nitrogens with one attached hydrogen (secondary N) is 1. The lowest BCUT2D eigenvalue weighted by Gasteiger charge is -1.80. The van der Waals surface area contributed by atoms with E-state index >= 15 is 0 Å². The summed E-state index contributed by atoms with van der Waals surface area (Å²) in [5.41, 5.74) is 0.503. The second kappa shape index (κ2) is 2.01. The molecular formula is C6H4F2N2S. The number of rotatable bonds is 0. The summed E-state index contributed by atoms with van der Waals surface area (Å²) in [6.45, 7) is 1.58. The number of nitrogens with zero attached hydrogens (tertiary/aromatic N) is 1. The van der Waals surface area contributed by atoms with Crippen molar-refractivity contribution in [2.24, 2.45) is 0 Å². The molecule has 2 nitrogen and oxygen atoms in total. The third-order valence-corrected chi connectivity index (χ3v) is 2.20. The van der Waals surface area contributed by atoms with Gasteiger partial charge in [0.05, 0.1) is 5.69 Å². The molecule has 1 N–H and O–H groups in total. The molecule has 2 heterocycles. The fourth-order valence-electron chi connectivity index (χ4n) is 0.930. The highest BCUT2D eigenvalue weighted by Gasteiger charge is 2.12. The average Bonchev–Trinajstić information content (AvgIpc) is 2.37. The van der Waals surface area contributed by atoms with Gasteiger partial charge in [-0.3, -0.25) is 0 Å². The maximum absolute atomic E-state index is 12.9. The van der Waals surface area contributed by atoms with Gasteiger partial charge in [-0.1, -0.05) is 11.3 Å². The van der Waals surface area contributed by atoms with Gasteiger partial charge in [0, 0.05) is 0 Å². The zero-order valence-electron chi connectivity index (χ0n) is 5.61. The third kappa shape index (κ3) is 0.841. The summed E-state index contributed by atoms with van der Waals surface area (Å²) in [6.07, 6.45) is 0. The van der Waals surface area contributed by atoms with E-state index in [2.05, 4.69) is 9.97 Å². The first-order valence-corrected chi connectivity index (χ1v) is 3.80. The van der Waals surface area contributed by atoms with E-state index in [9.17, 15) is 8.78 Å². The Morgan fingerprint density at radius 2 is 2.18 bits per heavy atom. The number of aromatic nitrogens is 2. The van der Waals surface area contributed by atoms with Crippen molar-refractivity contribution in [1.82, 2.24) is 9.97 Å². The molecule has 0 aromatic carbocycles. The van der Waals surface area contributed by atoms with Crippen molar-refractivity contribution in [3.05, 3.63) is 16.8 Å². The Morgan fingerprint density at radius 1 is 1.45 bits per heavy atom. The Hall–Kier alpha value is -0.970. The Labute approximate surface area is 64.9 Å². The number of hydrogen-bond acceptors (Lipinski definition) is 2. The van der Waals surface area contributed by atoms with Crippen molar-refractivity contribution in [2.45, 2.75) is 6.92 Å². The van der Waals surface area contributed by atoms with Crippen LogP contribution in [0.2, 0.25) is 0 Å². The van der Waals surface area contributed by atoms with Crippen LogP contribution in [-0.4, -0.2) is 9.97 Å². The molecule has 5 heteroatoms. The van der Waals surface area contributed by atoms with Gasteiger partial charge in [-0.25, -0.2) is 9.37 Å². The highest BCUT2D eigenvalue weighted by molar-refractivity contribution is 7.16. The molecule has 0 fully saturated rings. The van der Waals surface area contributed by atoms with E-state index in [1.54, 1.807) is 6.92 Å². The molecule has 58 valence electrons. The molecule has 0 bridgehead atoms. The predicted octanol–water partition coefficient (Wildman–Crippen LogP) is 2.21. The van der Waals surface area contributed by atoms with Crippen LogP contribution in [0.5, 0.6) is 0 Å². The van der Waals surface area contributed by atoms with Crippen molar-refractivity contribution in [1.29, 1.82) is 0 Å². The lowest BCUT2D eigenvalue weighted by molar-refractivity contribution is 0.605. The predicted molar refractivity (Wildman–Crippen MR) is 38.6 cm³/mol. The van der Waals surface area contributed by atoms with Crippen molar-refractivity contribution >= 4 is 21.7 Å². The summed E-state index contributed by atoms with van der Waals surface area (Å²) in [6, 6.07) is 0. The van der Waals surface area contributed by atoms with Gasteiger partial charge in [-0.05, 0) is 6.92 Å². The molecule has 0 aliphatic heterocycles. The van der Waals surface area contributed by atoms with Crippen molar-refractivity contribution in [3.63, 3.8) is 0 Å². The second-order valence-corrected chi connectivity index (χ2v) is 3.16. The first-order valence-electron chi connectivity index (χ1n) is 2.98. The zero-order chi connectivity index (χ0) is 8.01. The molecule has 2 aromatic rings. The normalized spacial score (nSPS) is 11.2. The number of aromatic amines is 1. The van der Waals surface area contributed by atoms with E-state index in [1.165, 1.54) is 0 Å². The molecule has 2 rings (SSSR count). The monoisotopic (exact) mass is 174 g/mol. The Bertz CT molecular complexity index is 404. The van der Waals surface area contributed by atoms with Crippen LogP contribution >= 0.6 is 11.3 Å². The molecule has 0 spiro atoms. The molecular weight excluding hydrogens is 170 g/mol. The zero-order valence-corrected chi connectivity index (χ0v) is 6.43. The van der Waals surface area contributed by atoms with Crippen LogP contribution in [0, 0.1) is 18.0 Å². The Kier molecular flexibility index (Phi) is 1.23. The topological polar surface area (TPSA) is 28.7 Å². The van der Waals surface area contributed by atoms with Crippen molar-refractivity contribution in [3.8, 4) is 0 Å². The standard InChI is InChI=1S/C6H4F2N2S/c1-2-3(7)4-5(9-2)11-6(8)10-4/h9H,1H3. The minimum Gasteiger partial charge on any atom is -0.346 e. The second-order valence-electron chi connectivity index (χ2n) is 2.21. The highest BCUT2D eigenvalue weighted by atomic mass is 32.1. The van der Waals surface area contributed by atoms with Crippen molar-refractivity contribution < 1.29 is 8.78 Å². The fraction of sp³-hybridized carbons (Fsp3) is 0.167. The van der Waals surface area contributed by atoms with E-state index in [1.807, 2.05) is 0 Å². The number of thiazole rings is 1. The number of hydrogen-bond donors (Lipinski definition) is 1. The van der Waals surface area contributed by atoms with Crippen LogP contribution in [0.25, 0.3) is 10.3 Å². The lowest BCUT2D eigenvalue weighted by Crippen LogP contribution is -1.76. The molecule has 0 radical (unpaired) electrons. The first-order chi connectivity index (χ1) is 5.18. The molecule has 0 unspecified atom stereocenters. The molecule has 0 amide bonds. The van der Waals surface area contributed by atoms with E-state index in [4.69, 9.17) is 0 Å². The summed E-state index contributed by atoms with van der Waals surface area (Å²) >= 11 is 0.814. The maximum atomic E-state index is 12.9. The van der Waals surface area contributed by atoms with Gasteiger partial charge in [0.25, 0.3) is 5.26 Å². The molecule has 11 heavy (non-hydrogen) atoms. The fourth-order valence-corrected chi connectivity index (χ4v) is 1.67. The molecule has 0 aliphatic carbocycles. The van der Waals surface area contributed by atoms with E-state index in [0.717, 1.165) is 11.3 Å². The van der Waals surface area contributed by atoms with E-state index < -0.39 is 11.1 Å². The lowest BCUT2D eigenvalue weighted by atomic mass is 10.4. The average molecular weight is 174 g/mol. The summed E-state index contributed by atoms with van der Waals surface area (Å²) in [7, 11) is 0. The van der Waals surface area contributed by atoms with Gasteiger partial charge in [0.1, 0.15) is 10.3 Å². The molecule has 2 aromatic heterocycles.